The molecule has 0 unspecified atom stereocenters. The number of unbranched alkanes of at least 4 members (excludes halogenated alkanes) is 10. The fourth-order valence-electron chi connectivity index (χ4n) is 4.01. The second-order valence-electron chi connectivity index (χ2n) is 9.47. The summed E-state index contributed by atoms with van der Waals surface area (Å²) in [4.78, 5) is 0. The van der Waals surface area contributed by atoms with Crippen LogP contribution in [0.5, 0.6) is 11.5 Å². The largest absolute Gasteiger partial charge is 0.508 e. The lowest BCUT2D eigenvalue weighted by molar-refractivity contribution is 0.439. The monoisotopic (exact) mass is 428 g/mol. The lowest BCUT2D eigenvalue weighted by Crippen LogP contribution is -1.91. The molecule has 0 heterocycles. The van der Waals surface area contributed by atoms with E-state index in [4.69, 9.17) is 0 Å². The van der Waals surface area contributed by atoms with E-state index in [1.165, 1.54) is 75.4 Å². The van der Waals surface area contributed by atoms with Crippen LogP contribution in [0.4, 0.5) is 0 Å². The van der Waals surface area contributed by atoms with Gasteiger partial charge in [0, 0.05) is 5.56 Å². The summed E-state index contributed by atoms with van der Waals surface area (Å²) in [6.45, 7) is 8.62. The van der Waals surface area contributed by atoms with Crippen LogP contribution in [0.15, 0.2) is 35.4 Å². The van der Waals surface area contributed by atoms with Gasteiger partial charge >= 0.3 is 0 Å². The number of aryl methyl sites for hydroxylation is 1. The van der Waals surface area contributed by atoms with E-state index < -0.39 is 0 Å². The normalized spacial score (nSPS) is 11.7. The summed E-state index contributed by atoms with van der Waals surface area (Å²) in [5.41, 5.74) is 4.32. The third-order valence-corrected chi connectivity index (χ3v) is 6.08. The van der Waals surface area contributed by atoms with E-state index in [9.17, 15) is 10.2 Å². The van der Waals surface area contributed by atoms with Gasteiger partial charge in [0.25, 0.3) is 0 Å². The van der Waals surface area contributed by atoms with Crippen LogP contribution in [-0.4, -0.2) is 10.2 Å². The number of phenols is 2. The van der Waals surface area contributed by atoms with Crippen molar-refractivity contribution in [2.75, 3.05) is 0 Å². The molecule has 0 aromatic heterocycles. The molecule has 2 heteroatoms. The van der Waals surface area contributed by atoms with Crippen molar-refractivity contribution in [3.63, 3.8) is 0 Å². The van der Waals surface area contributed by atoms with Crippen LogP contribution in [-0.2, 0) is 12.8 Å². The fourth-order valence-corrected chi connectivity index (χ4v) is 4.01. The zero-order valence-electron chi connectivity index (χ0n) is 20.8. The zero-order chi connectivity index (χ0) is 22.9. The first kappa shape index (κ1) is 27.3. The summed E-state index contributed by atoms with van der Waals surface area (Å²) in [7, 11) is 0. The highest BCUT2D eigenvalue weighted by atomic mass is 16.3. The number of phenolic OH excluding ortho intramolecular Hbond substituents is 2. The summed E-state index contributed by atoms with van der Waals surface area (Å²) in [5, 5.41) is 20.8. The molecule has 0 spiro atoms. The lowest BCUT2D eigenvalue weighted by atomic mass is 9.99. The first-order chi connectivity index (χ1) is 14.9. The molecule has 0 bridgehead atoms. The molecule has 1 aromatic carbocycles. The van der Waals surface area contributed by atoms with E-state index in [2.05, 4.69) is 39.8 Å². The Morgan fingerprint density at radius 1 is 0.742 bits per heavy atom. The molecule has 2 N–H and O–H groups in total. The third-order valence-electron chi connectivity index (χ3n) is 6.08. The Morgan fingerprint density at radius 2 is 1.26 bits per heavy atom. The second kappa shape index (κ2) is 16.9. The molecule has 31 heavy (non-hydrogen) atoms. The Bertz CT molecular complexity index is 642. The van der Waals surface area contributed by atoms with Crippen molar-refractivity contribution in [2.24, 2.45) is 0 Å². The first-order valence-corrected chi connectivity index (χ1v) is 12.8. The summed E-state index contributed by atoms with van der Waals surface area (Å²) >= 11 is 0. The van der Waals surface area contributed by atoms with Gasteiger partial charge in [0.15, 0.2) is 0 Å². The van der Waals surface area contributed by atoms with Crippen LogP contribution in [0.2, 0.25) is 0 Å². The molecule has 176 valence electrons. The molecule has 2 nitrogen and oxygen atoms in total. The standard InChI is InChI=1S/C29H48O2/c1-5-6-7-8-9-10-11-12-13-14-15-19-26-22-28(30)27(29(31)23-26)21-20-25(4)18-16-17-24(2)3/h17,20,22-23,30-31H,5-16,18-19,21H2,1-4H3. The second-order valence-corrected chi connectivity index (χ2v) is 9.47. The van der Waals surface area contributed by atoms with E-state index in [-0.39, 0.29) is 11.5 Å². The summed E-state index contributed by atoms with van der Waals surface area (Å²) in [6, 6.07) is 3.69. The highest BCUT2D eigenvalue weighted by molar-refractivity contribution is 5.47. The molecule has 0 amide bonds. The third kappa shape index (κ3) is 13.3. The number of rotatable bonds is 17. The molecular formula is C29H48O2. The number of allylic oxidation sites excluding steroid dienone is 4. The van der Waals surface area contributed by atoms with Gasteiger partial charge in [-0.1, -0.05) is 94.4 Å². The molecule has 0 saturated carbocycles. The molecule has 0 aliphatic heterocycles. The van der Waals surface area contributed by atoms with Crippen molar-refractivity contribution in [2.45, 2.75) is 124 Å². The van der Waals surface area contributed by atoms with Crippen LogP contribution < -0.4 is 0 Å². The van der Waals surface area contributed by atoms with Crippen molar-refractivity contribution in [1.29, 1.82) is 0 Å². The van der Waals surface area contributed by atoms with E-state index >= 15 is 0 Å². The number of hydrogen-bond acceptors (Lipinski definition) is 2. The molecule has 1 rings (SSSR count). The van der Waals surface area contributed by atoms with Crippen LogP contribution in [0, 0.1) is 0 Å². The molecule has 0 radical (unpaired) electrons. The first-order valence-electron chi connectivity index (χ1n) is 12.8. The SMILES string of the molecule is CCCCCCCCCCCCCc1cc(O)c(CC=C(C)CCC=C(C)C)c(O)c1. The number of benzene rings is 1. The van der Waals surface area contributed by atoms with Gasteiger partial charge in [-0.2, -0.15) is 0 Å². The van der Waals surface area contributed by atoms with Gasteiger partial charge in [-0.3, -0.25) is 0 Å². The van der Waals surface area contributed by atoms with Crippen LogP contribution in [0.25, 0.3) is 0 Å². The quantitative estimate of drug-likeness (QED) is 0.192. The average molecular weight is 429 g/mol. The maximum Gasteiger partial charge on any atom is 0.123 e. The fraction of sp³-hybridized carbons (Fsp3) is 0.655. The molecule has 0 fully saturated rings. The van der Waals surface area contributed by atoms with Gasteiger partial charge in [-0.25, -0.2) is 0 Å². The zero-order valence-corrected chi connectivity index (χ0v) is 20.8. The minimum absolute atomic E-state index is 0.228. The van der Waals surface area contributed by atoms with E-state index in [0.29, 0.717) is 12.0 Å². The molecule has 0 aliphatic carbocycles. The number of hydrogen-bond donors (Lipinski definition) is 2. The van der Waals surface area contributed by atoms with Crippen LogP contribution in [0.1, 0.15) is 122 Å². The maximum atomic E-state index is 10.4. The molecule has 0 aliphatic rings. The van der Waals surface area contributed by atoms with Crippen molar-refractivity contribution >= 4 is 0 Å². The van der Waals surface area contributed by atoms with E-state index in [1.54, 1.807) is 0 Å². The van der Waals surface area contributed by atoms with Crippen LogP contribution in [0.3, 0.4) is 0 Å². The smallest absolute Gasteiger partial charge is 0.123 e. The van der Waals surface area contributed by atoms with Crippen molar-refractivity contribution in [3.05, 3.63) is 46.6 Å². The Morgan fingerprint density at radius 3 is 1.77 bits per heavy atom. The van der Waals surface area contributed by atoms with Crippen molar-refractivity contribution in [3.8, 4) is 11.5 Å². The predicted octanol–water partition coefficient (Wildman–Crippen LogP) is 9.19. The Hall–Kier alpha value is -1.70. The van der Waals surface area contributed by atoms with Gasteiger partial charge in [0.2, 0.25) is 0 Å². The molecule has 0 saturated heterocycles. The Labute approximate surface area is 192 Å². The molecule has 1 aromatic rings. The minimum Gasteiger partial charge on any atom is -0.508 e. The molecular weight excluding hydrogens is 380 g/mol. The molecule has 0 atom stereocenters. The maximum absolute atomic E-state index is 10.4. The van der Waals surface area contributed by atoms with Crippen molar-refractivity contribution < 1.29 is 10.2 Å². The van der Waals surface area contributed by atoms with Gasteiger partial charge in [0.1, 0.15) is 11.5 Å². The van der Waals surface area contributed by atoms with Crippen LogP contribution >= 0.6 is 0 Å². The van der Waals surface area contributed by atoms with E-state index in [0.717, 1.165) is 31.2 Å². The van der Waals surface area contributed by atoms with Gasteiger partial charge in [0.05, 0.1) is 0 Å². The highest BCUT2D eigenvalue weighted by Gasteiger charge is 2.09. The number of aromatic hydroxyl groups is 2. The van der Waals surface area contributed by atoms with Crippen molar-refractivity contribution in [1.82, 2.24) is 0 Å². The summed E-state index contributed by atoms with van der Waals surface area (Å²) in [5.74, 6) is 0.456. The van der Waals surface area contributed by atoms with Gasteiger partial charge < -0.3 is 10.2 Å². The predicted molar refractivity (Wildman–Crippen MR) is 136 cm³/mol. The summed E-state index contributed by atoms with van der Waals surface area (Å²) in [6.07, 6.45) is 22.6. The van der Waals surface area contributed by atoms with Gasteiger partial charge in [-0.15, -0.1) is 0 Å². The Balaban J connectivity index is 2.29. The van der Waals surface area contributed by atoms with E-state index in [1.807, 2.05) is 12.1 Å². The summed E-state index contributed by atoms with van der Waals surface area (Å²) < 4.78 is 0. The Kier molecular flexibility index (Phi) is 14.9. The topological polar surface area (TPSA) is 40.5 Å². The average Bonchev–Trinajstić information content (AvgIpc) is 2.71. The lowest BCUT2D eigenvalue weighted by Gasteiger charge is -2.10. The van der Waals surface area contributed by atoms with Gasteiger partial charge in [-0.05, 0) is 70.6 Å². The highest BCUT2D eigenvalue weighted by Crippen LogP contribution is 2.31. The minimum atomic E-state index is 0.228.